The van der Waals surface area contributed by atoms with Crippen LogP contribution in [0.5, 0.6) is 0 Å². The summed E-state index contributed by atoms with van der Waals surface area (Å²) in [7, 11) is 0. The summed E-state index contributed by atoms with van der Waals surface area (Å²) >= 11 is 1.62. The minimum Gasteiger partial charge on any atom is -0.331 e. The Morgan fingerprint density at radius 1 is 0.903 bits per heavy atom. The molecule has 1 heterocycles. The molecule has 4 aromatic rings. The molecular formula is C24H23N5OS. The molecule has 0 unspecified atom stereocenters. The van der Waals surface area contributed by atoms with E-state index in [1.807, 2.05) is 65.2 Å². The van der Waals surface area contributed by atoms with Gasteiger partial charge in [-0.15, -0.1) is 10.2 Å². The van der Waals surface area contributed by atoms with Gasteiger partial charge in [-0.2, -0.15) is 0 Å². The normalized spacial score (nSPS) is 10.6. The van der Waals surface area contributed by atoms with Crippen molar-refractivity contribution in [1.29, 1.82) is 0 Å². The number of aromatic nitrogens is 3. The molecule has 6 nitrogen and oxygen atoms in total. The highest BCUT2D eigenvalue weighted by atomic mass is 32.2. The van der Waals surface area contributed by atoms with E-state index in [1.165, 1.54) is 11.1 Å². The molecule has 7 heteroatoms. The molecule has 0 saturated heterocycles. The Bertz CT molecular complexity index is 1130. The number of aryl methyl sites for hydroxylation is 1. The van der Waals surface area contributed by atoms with Crippen molar-refractivity contribution >= 4 is 23.5 Å². The molecule has 0 radical (unpaired) electrons. The van der Waals surface area contributed by atoms with Crippen LogP contribution in [0.15, 0.2) is 90.1 Å². The number of carbonyl (C=O) groups is 1. The number of hydrogen-bond donors (Lipinski definition) is 2. The van der Waals surface area contributed by atoms with Crippen molar-refractivity contribution in [2.45, 2.75) is 24.4 Å². The highest BCUT2D eigenvalue weighted by Crippen LogP contribution is 2.25. The first-order valence-electron chi connectivity index (χ1n) is 9.97. The van der Waals surface area contributed by atoms with Crippen molar-refractivity contribution in [3.8, 4) is 5.69 Å². The average Bonchev–Trinajstić information content (AvgIpc) is 3.21. The van der Waals surface area contributed by atoms with Gasteiger partial charge >= 0.3 is 6.03 Å². The summed E-state index contributed by atoms with van der Waals surface area (Å²) in [6, 6.07) is 27.5. The van der Waals surface area contributed by atoms with E-state index in [0.29, 0.717) is 5.82 Å². The Labute approximate surface area is 185 Å². The van der Waals surface area contributed by atoms with Crippen molar-refractivity contribution in [3.63, 3.8) is 0 Å². The van der Waals surface area contributed by atoms with Crippen LogP contribution < -0.4 is 10.6 Å². The zero-order valence-electron chi connectivity index (χ0n) is 17.2. The second-order valence-electron chi connectivity index (χ2n) is 7.02. The minimum atomic E-state index is -0.289. The topological polar surface area (TPSA) is 71.8 Å². The van der Waals surface area contributed by atoms with Crippen LogP contribution in [0.25, 0.3) is 5.69 Å². The molecule has 1 aromatic heterocycles. The fourth-order valence-electron chi connectivity index (χ4n) is 3.04. The minimum absolute atomic E-state index is 0.255. The van der Waals surface area contributed by atoms with E-state index >= 15 is 0 Å². The second-order valence-corrected chi connectivity index (χ2v) is 7.96. The third-order valence-corrected chi connectivity index (χ3v) is 5.64. The van der Waals surface area contributed by atoms with E-state index in [-0.39, 0.29) is 12.6 Å². The van der Waals surface area contributed by atoms with Crippen molar-refractivity contribution in [1.82, 2.24) is 20.1 Å². The van der Waals surface area contributed by atoms with Crippen LogP contribution in [-0.2, 0) is 12.3 Å². The van der Waals surface area contributed by atoms with Crippen molar-refractivity contribution in [2.75, 3.05) is 5.32 Å². The van der Waals surface area contributed by atoms with Crippen LogP contribution in [0.3, 0.4) is 0 Å². The summed E-state index contributed by atoms with van der Waals surface area (Å²) in [5.41, 5.74) is 4.09. The van der Waals surface area contributed by atoms with Gasteiger partial charge in [-0.3, -0.25) is 4.57 Å². The quantitative estimate of drug-likeness (QED) is 0.397. The second kappa shape index (κ2) is 9.95. The molecule has 0 aliphatic rings. The number of nitrogens with zero attached hydrogens (tertiary/aromatic N) is 3. The van der Waals surface area contributed by atoms with Crippen LogP contribution in [0.4, 0.5) is 10.5 Å². The van der Waals surface area contributed by atoms with E-state index < -0.39 is 0 Å². The predicted molar refractivity (Wildman–Crippen MR) is 124 cm³/mol. The first kappa shape index (κ1) is 20.7. The zero-order chi connectivity index (χ0) is 21.5. The molecule has 0 aliphatic carbocycles. The molecule has 4 rings (SSSR count). The summed E-state index contributed by atoms with van der Waals surface area (Å²) in [5.74, 6) is 1.45. The Hall–Kier alpha value is -3.58. The molecule has 2 N–H and O–H groups in total. The summed E-state index contributed by atoms with van der Waals surface area (Å²) in [6.07, 6.45) is 0. The van der Waals surface area contributed by atoms with Gasteiger partial charge in [0.1, 0.15) is 0 Å². The molecule has 156 valence electrons. The maximum absolute atomic E-state index is 12.3. The molecule has 0 bridgehead atoms. The Morgan fingerprint density at radius 2 is 1.58 bits per heavy atom. The van der Waals surface area contributed by atoms with Gasteiger partial charge in [0.05, 0.1) is 6.54 Å². The number of hydrogen-bond acceptors (Lipinski definition) is 4. The summed E-state index contributed by atoms with van der Waals surface area (Å²) in [5, 5.41) is 15.2. The predicted octanol–water partition coefficient (Wildman–Crippen LogP) is 5.19. The molecule has 0 atom stereocenters. The van der Waals surface area contributed by atoms with Crippen molar-refractivity contribution in [3.05, 3.63) is 102 Å². The van der Waals surface area contributed by atoms with Gasteiger partial charge in [0.15, 0.2) is 11.0 Å². The SMILES string of the molecule is Cc1ccc(-n2c(CNC(=O)Nc3ccccc3)nnc2SCc2ccccc2)cc1. The average molecular weight is 430 g/mol. The van der Waals surface area contributed by atoms with Crippen LogP contribution in [0.2, 0.25) is 0 Å². The number of thioether (sulfide) groups is 1. The summed E-state index contributed by atoms with van der Waals surface area (Å²) in [4.78, 5) is 12.3. The highest BCUT2D eigenvalue weighted by molar-refractivity contribution is 7.98. The molecule has 0 aliphatic heterocycles. The molecular weight excluding hydrogens is 406 g/mol. The first-order valence-corrected chi connectivity index (χ1v) is 11.0. The van der Waals surface area contributed by atoms with Crippen molar-refractivity contribution in [2.24, 2.45) is 0 Å². The number of urea groups is 1. The lowest BCUT2D eigenvalue weighted by atomic mass is 10.2. The lowest BCUT2D eigenvalue weighted by molar-refractivity contribution is 0.251. The number of rotatable bonds is 7. The van der Waals surface area contributed by atoms with Gasteiger partial charge in [0.2, 0.25) is 0 Å². The van der Waals surface area contributed by atoms with Gasteiger partial charge in [-0.05, 0) is 36.8 Å². The van der Waals surface area contributed by atoms with Crippen LogP contribution in [0.1, 0.15) is 17.0 Å². The molecule has 2 amide bonds. The molecule has 0 saturated carbocycles. The number of carbonyl (C=O) groups excluding carboxylic acids is 1. The smallest absolute Gasteiger partial charge is 0.319 e. The van der Waals surface area contributed by atoms with Crippen molar-refractivity contribution < 1.29 is 4.79 Å². The fraction of sp³-hybridized carbons (Fsp3) is 0.125. The maximum Gasteiger partial charge on any atom is 0.319 e. The summed E-state index contributed by atoms with van der Waals surface area (Å²) < 4.78 is 2.00. The van der Waals surface area contributed by atoms with E-state index in [0.717, 1.165) is 22.3 Å². The van der Waals surface area contributed by atoms with Gasteiger partial charge in [-0.25, -0.2) is 4.79 Å². The lowest BCUT2D eigenvalue weighted by Crippen LogP contribution is -2.29. The molecule has 3 aromatic carbocycles. The van der Waals surface area contributed by atoms with Crippen LogP contribution in [0, 0.1) is 6.92 Å². The molecule has 31 heavy (non-hydrogen) atoms. The molecule has 0 fully saturated rings. The number of para-hydroxylation sites is 1. The Balaban J connectivity index is 1.51. The zero-order valence-corrected chi connectivity index (χ0v) is 18.0. The van der Waals surface area contributed by atoms with E-state index in [2.05, 4.69) is 52.0 Å². The fourth-order valence-corrected chi connectivity index (χ4v) is 3.97. The molecule has 0 spiro atoms. The number of amides is 2. The standard InChI is InChI=1S/C24H23N5OS/c1-18-12-14-21(15-13-18)29-22(16-25-23(30)26-20-10-6-3-7-11-20)27-28-24(29)31-17-19-8-4-2-5-9-19/h2-15H,16-17H2,1H3,(H2,25,26,30). The first-order chi connectivity index (χ1) is 15.2. The van der Waals surface area contributed by atoms with Gasteiger partial charge in [-0.1, -0.05) is 78.0 Å². The third-order valence-electron chi connectivity index (χ3n) is 4.64. The third kappa shape index (κ3) is 5.52. The van der Waals surface area contributed by atoms with Crippen LogP contribution >= 0.6 is 11.8 Å². The summed E-state index contributed by atoms with van der Waals surface area (Å²) in [6.45, 7) is 2.31. The maximum atomic E-state index is 12.3. The van der Waals surface area contributed by atoms with E-state index in [1.54, 1.807) is 11.8 Å². The number of nitrogens with one attached hydrogen (secondary N) is 2. The monoisotopic (exact) mass is 429 g/mol. The van der Waals surface area contributed by atoms with Crippen LogP contribution in [-0.4, -0.2) is 20.8 Å². The lowest BCUT2D eigenvalue weighted by Gasteiger charge is -2.12. The van der Waals surface area contributed by atoms with Gasteiger partial charge in [0.25, 0.3) is 0 Å². The Morgan fingerprint density at radius 3 is 2.29 bits per heavy atom. The largest absolute Gasteiger partial charge is 0.331 e. The Kier molecular flexibility index (Phi) is 6.64. The number of anilines is 1. The van der Waals surface area contributed by atoms with Gasteiger partial charge < -0.3 is 10.6 Å². The highest BCUT2D eigenvalue weighted by Gasteiger charge is 2.15. The van der Waals surface area contributed by atoms with Gasteiger partial charge in [0, 0.05) is 17.1 Å². The van der Waals surface area contributed by atoms with E-state index in [4.69, 9.17) is 0 Å². The van der Waals surface area contributed by atoms with E-state index in [9.17, 15) is 4.79 Å². The number of benzene rings is 3.